The number of anilines is 1. The normalized spacial score (nSPS) is 22.0. The van der Waals surface area contributed by atoms with Crippen molar-refractivity contribution in [1.82, 2.24) is 10.3 Å². The molecule has 1 saturated carbocycles. The monoisotopic (exact) mass is 345 g/mol. The number of nitrogens with zero attached hydrogens (tertiary/aromatic N) is 2. The van der Waals surface area contributed by atoms with Crippen LogP contribution in [0.25, 0.3) is 0 Å². The van der Waals surface area contributed by atoms with Gasteiger partial charge in [-0.15, -0.1) is 0 Å². The van der Waals surface area contributed by atoms with Crippen LogP contribution in [-0.4, -0.2) is 29.3 Å². The molecule has 0 aromatic carbocycles. The first-order valence-corrected chi connectivity index (χ1v) is 9.66. The van der Waals surface area contributed by atoms with Crippen molar-refractivity contribution < 1.29 is 9.53 Å². The fourth-order valence-corrected chi connectivity index (χ4v) is 3.89. The van der Waals surface area contributed by atoms with E-state index in [0.29, 0.717) is 0 Å². The third-order valence-corrected chi connectivity index (χ3v) is 5.01. The van der Waals surface area contributed by atoms with Gasteiger partial charge in [-0.2, -0.15) is 0 Å². The van der Waals surface area contributed by atoms with Gasteiger partial charge in [-0.1, -0.05) is 25.3 Å². The molecule has 1 aromatic rings. The number of carbonyl (C=O) groups is 1. The summed E-state index contributed by atoms with van der Waals surface area (Å²) in [6.45, 7) is 6.78. The first kappa shape index (κ1) is 18.2. The zero-order valence-corrected chi connectivity index (χ0v) is 15.8. The van der Waals surface area contributed by atoms with Gasteiger partial charge in [0.25, 0.3) is 0 Å². The lowest BCUT2D eigenvalue weighted by molar-refractivity contribution is 0.0556. The second kappa shape index (κ2) is 7.73. The van der Waals surface area contributed by atoms with Gasteiger partial charge >= 0.3 is 6.09 Å². The van der Waals surface area contributed by atoms with E-state index in [-0.39, 0.29) is 18.2 Å². The summed E-state index contributed by atoms with van der Waals surface area (Å²) in [4.78, 5) is 19.6. The standard InChI is InChI=1S/C20H31N3O2/c1-20(2,3)25-19(24)23(15-9-5-4-6-10-15)18-16(11-7-14-22-18)17-12-8-13-21-17/h7,11,14-15,17,21H,4-6,8-10,12-13H2,1-3H3. The van der Waals surface area contributed by atoms with Crippen molar-refractivity contribution in [2.45, 2.75) is 83.4 Å². The van der Waals surface area contributed by atoms with Crippen LogP contribution in [-0.2, 0) is 4.74 Å². The SMILES string of the molecule is CC(C)(C)OC(=O)N(c1ncccc1C1CCCN1)C1CCCCC1. The second-order valence-electron chi connectivity index (χ2n) is 8.21. The molecule has 1 N–H and O–H groups in total. The minimum absolute atomic E-state index is 0.179. The van der Waals surface area contributed by atoms with Gasteiger partial charge in [0.15, 0.2) is 0 Å². The molecule has 5 nitrogen and oxygen atoms in total. The lowest BCUT2D eigenvalue weighted by atomic mass is 9.93. The Morgan fingerprint density at radius 1 is 1.20 bits per heavy atom. The maximum atomic E-state index is 13.1. The Balaban J connectivity index is 1.94. The summed E-state index contributed by atoms with van der Waals surface area (Å²) >= 11 is 0. The van der Waals surface area contributed by atoms with Crippen LogP contribution in [0.5, 0.6) is 0 Å². The molecule has 1 unspecified atom stereocenters. The highest BCUT2D eigenvalue weighted by molar-refractivity contribution is 5.88. The first-order valence-electron chi connectivity index (χ1n) is 9.66. The van der Waals surface area contributed by atoms with Crippen LogP contribution < -0.4 is 10.2 Å². The van der Waals surface area contributed by atoms with Crippen LogP contribution in [0.4, 0.5) is 10.6 Å². The van der Waals surface area contributed by atoms with Gasteiger partial charge in [0.2, 0.25) is 0 Å². The molecule has 1 aliphatic heterocycles. The van der Waals surface area contributed by atoms with E-state index >= 15 is 0 Å². The third kappa shape index (κ3) is 4.51. The fraction of sp³-hybridized carbons (Fsp3) is 0.700. The van der Waals surface area contributed by atoms with Gasteiger partial charge in [0.1, 0.15) is 11.4 Å². The maximum absolute atomic E-state index is 13.1. The minimum atomic E-state index is -0.509. The molecule has 0 spiro atoms. The highest BCUT2D eigenvalue weighted by Crippen LogP contribution is 2.34. The molecule has 5 heteroatoms. The quantitative estimate of drug-likeness (QED) is 0.871. The number of ether oxygens (including phenoxy) is 1. The fourth-order valence-electron chi connectivity index (χ4n) is 3.89. The number of hydrogen-bond acceptors (Lipinski definition) is 4. The molecule has 0 bridgehead atoms. The van der Waals surface area contributed by atoms with Crippen molar-refractivity contribution in [3.63, 3.8) is 0 Å². The van der Waals surface area contributed by atoms with E-state index in [1.165, 1.54) is 6.42 Å². The van der Waals surface area contributed by atoms with Crippen LogP contribution in [0.2, 0.25) is 0 Å². The van der Waals surface area contributed by atoms with Crippen LogP contribution in [0.1, 0.15) is 77.3 Å². The van der Waals surface area contributed by atoms with Crippen molar-refractivity contribution >= 4 is 11.9 Å². The summed E-state index contributed by atoms with van der Waals surface area (Å²) in [6, 6.07) is 4.52. The predicted octanol–water partition coefficient (Wildman–Crippen LogP) is 4.58. The van der Waals surface area contributed by atoms with E-state index in [1.807, 2.05) is 31.7 Å². The summed E-state index contributed by atoms with van der Waals surface area (Å²) in [6.07, 6.45) is 9.38. The average Bonchev–Trinajstić information content (AvgIpc) is 3.09. The van der Waals surface area contributed by atoms with Crippen molar-refractivity contribution in [2.75, 3.05) is 11.4 Å². The van der Waals surface area contributed by atoms with Crippen LogP contribution in [0.3, 0.4) is 0 Å². The highest BCUT2D eigenvalue weighted by Gasteiger charge is 2.34. The minimum Gasteiger partial charge on any atom is -0.443 e. The van der Waals surface area contributed by atoms with Gasteiger partial charge in [0.05, 0.1) is 0 Å². The van der Waals surface area contributed by atoms with E-state index in [2.05, 4.69) is 16.4 Å². The molecule has 1 amide bonds. The molecule has 0 radical (unpaired) electrons. The van der Waals surface area contributed by atoms with Crippen molar-refractivity contribution in [1.29, 1.82) is 0 Å². The number of hydrogen-bond donors (Lipinski definition) is 1. The lowest BCUT2D eigenvalue weighted by Crippen LogP contribution is -2.45. The van der Waals surface area contributed by atoms with E-state index in [4.69, 9.17) is 4.74 Å². The summed E-state index contributed by atoms with van der Waals surface area (Å²) in [5.74, 6) is 0.781. The molecular formula is C20H31N3O2. The van der Waals surface area contributed by atoms with Gasteiger partial charge in [-0.3, -0.25) is 4.90 Å². The maximum Gasteiger partial charge on any atom is 0.416 e. The zero-order valence-electron chi connectivity index (χ0n) is 15.8. The molecule has 2 heterocycles. The van der Waals surface area contributed by atoms with Crippen molar-refractivity contribution in [3.05, 3.63) is 23.9 Å². The Labute approximate surface area is 151 Å². The molecule has 138 valence electrons. The third-order valence-electron chi connectivity index (χ3n) is 5.01. The number of rotatable bonds is 3. The molecule has 2 aliphatic rings. The van der Waals surface area contributed by atoms with Crippen LogP contribution >= 0.6 is 0 Å². The summed E-state index contributed by atoms with van der Waals surface area (Å²) < 4.78 is 5.75. The topological polar surface area (TPSA) is 54.5 Å². The molecule has 1 atom stereocenters. The van der Waals surface area contributed by atoms with Gasteiger partial charge < -0.3 is 10.1 Å². The molecule has 2 fully saturated rings. The lowest BCUT2D eigenvalue weighted by Gasteiger charge is -2.36. The van der Waals surface area contributed by atoms with Crippen LogP contribution in [0.15, 0.2) is 18.3 Å². The number of pyridine rings is 1. The number of nitrogens with one attached hydrogen (secondary N) is 1. The largest absolute Gasteiger partial charge is 0.443 e. The van der Waals surface area contributed by atoms with Gasteiger partial charge in [-0.25, -0.2) is 9.78 Å². The Morgan fingerprint density at radius 3 is 2.60 bits per heavy atom. The number of aromatic nitrogens is 1. The summed E-state index contributed by atoms with van der Waals surface area (Å²) in [7, 11) is 0. The number of amides is 1. The molecule has 3 rings (SSSR count). The molecule has 1 aromatic heterocycles. The molecule has 25 heavy (non-hydrogen) atoms. The number of carbonyl (C=O) groups excluding carboxylic acids is 1. The van der Waals surface area contributed by atoms with Crippen LogP contribution in [0, 0.1) is 0 Å². The van der Waals surface area contributed by atoms with Crippen molar-refractivity contribution in [2.24, 2.45) is 0 Å². The highest BCUT2D eigenvalue weighted by atomic mass is 16.6. The Hall–Kier alpha value is -1.62. The molecule has 1 aliphatic carbocycles. The van der Waals surface area contributed by atoms with Gasteiger partial charge in [-0.05, 0) is 59.1 Å². The van der Waals surface area contributed by atoms with E-state index in [0.717, 1.165) is 56.5 Å². The average molecular weight is 345 g/mol. The zero-order chi connectivity index (χ0) is 17.9. The van der Waals surface area contributed by atoms with E-state index < -0.39 is 5.60 Å². The molecule has 1 saturated heterocycles. The predicted molar refractivity (Wildman–Crippen MR) is 99.8 cm³/mol. The molecular weight excluding hydrogens is 314 g/mol. The second-order valence-corrected chi connectivity index (χ2v) is 8.21. The first-order chi connectivity index (χ1) is 12.0. The smallest absolute Gasteiger partial charge is 0.416 e. The van der Waals surface area contributed by atoms with E-state index in [1.54, 1.807) is 6.20 Å². The Morgan fingerprint density at radius 2 is 1.96 bits per heavy atom. The van der Waals surface area contributed by atoms with E-state index in [9.17, 15) is 4.79 Å². The Bertz CT molecular complexity index is 585. The summed E-state index contributed by atoms with van der Waals surface area (Å²) in [5, 5.41) is 3.54. The summed E-state index contributed by atoms with van der Waals surface area (Å²) in [5.41, 5.74) is 0.612. The Kier molecular flexibility index (Phi) is 5.62. The van der Waals surface area contributed by atoms with Gasteiger partial charge in [0, 0.05) is 23.8 Å². The van der Waals surface area contributed by atoms with Crippen molar-refractivity contribution in [3.8, 4) is 0 Å².